The number of sulfone groups is 1. The molecule has 7 nitrogen and oxygen atoms in total. The standard InChI is InChI=1S/C28H30N3O4S/c32-28(31(26-7-4-8-26)25-5-2-1-3-6-25)23-13-15-24(16-14-23)29-30(33)19-21-11-17-27(18-12-21)36(34,35)20-22-9-10-22/h1-3,5-6,11-18,22,26,29H,4,7-10,19-20H2/q-1. The molecule has 0 atom stereocenters. The highest BCUT2D eigenvalue weighted by Crippen LogP contribution is 2.33. The van der Waals surface area contributed by atoms with Crippen molar-refractivity contribution in [1.29, 1.82) is 0 Å². The number of hydrogen-bond donors (Lipinski definition) is 1. The van der Waals surface area contributed by atoms with Crippen LogP contribution in [-0.2, 0) is 16.4 Å². The van der Waals surface area contributed by atoms with E-state index >= 15 is 0 Å². The minimum atomic E-state index is -3.27. The topological polar surface area (TPSA) is 92.8 Å². The minimum Gasteiger partial charge on any atom is -0.767 e. The van der Waals surface area contributed by atoms with Gasteiger partial charge in [-0.1, -0.05) is 30.3 Å². The first kappa shape index (κ1) is 24.5. The lowest BCUT2D eigenvalue weighted by Gasteiger charge is -2.37. The molecule has 5 rings (SSSR count). The molecule has 1 N–H and O–H groups in total. The van der Waals surface area contributed by atoms with Gasteiger partial charge in [-0.15, -0.1) is 0 Å². The first-order valence-electron chi connectivity index (χ1n) is 12.4. The Labute approximate surface area is 212 Å². The molecule has 3 aromatic rings. The molecule has 0 saturated heterocycles. The second-order valence-corrected chi connectivity index (χ2v) is 11.7. The van der Waals surface area contributed by atoms with Gasteiger partial charge < -0.3 is 15.5 Å². The Morgan fingerprint density at radius 3 is 2.14 bits per heavy atom. The normalized spacial score (nSPS) is 15.9. The highest BCUT2D eigenvalue weighted by Gasteiger charge is 2.31. The van der Waals surface area contributed by atoms with Crippen LogP contribution in [0.1, 0.15) is 48.0 Å². The third-order valence-electron chi connectivity index (χ3n) is 6.84. The van der Waals surface area contributed by atoms with Gasteiger partial charge in [0.2, 0.25) is 0 Å². The summed E-state index contributed by atoms with van der Waals surface area (Å²) in [5.74, 6) is 0.439. The first-order chi connectivity index (χ1) is 17.4. The molecule has 2 fully saturated rings. The number of anilines is 2. The molecule has 0 heterocycles. The van der Waals surface area contributed by atoms with E-state index in [1.807, 2.05) is 35.2 Å². The van der Waals surface area contributed by atoms with Crippen molar-refractivity contribution in [3.8, 4) is 0 Å². The van der Waals surface area contributed by atoms with E-state index in [0.29, 0.717) is 26.9 Å². The van der Waals surface area contributed by atoms with Crippen molar-refractivity contribution < 1.29 is 13.2 Å². The molecule has 2 aliphatic rings. The maximum absolute atomic E-state index is 13.3. The summed E-state index contributed by atoms with van der Waals surface area (Å²) < 4.78 is 24.8. The van der Waals surface area contributed by atoms with Gasteiger partial charge in [-0.3, -0.25) is 9.97 Å². The molecule has 36 heavy (non-hydrogen) atoms. The summed E-state index contributed by atoms with van der Waals surface area (Å²) in [5.41, 5.74) is 5.51. The highest BCUT2D eigenvalue weighted by molar-refractivity contribution is 7.91. The Bertz CT molecular complexity index is 1290. The predicted octanol–water partition coefficient (Wildman–Crippen LogP) is 5.40. The van der Waals surface area contributed by atoms with Gasteiger partial charge in [0.1, 0.15) is 0 Å². The van der Waals surface area contributed by atoms with Crippen LogP contribution in [0.3, 0.4) is 0 Å². The van der Waals surface area contributed by atoms with E-state index < -0.39 is 9.84 Å². The van der Waals surface area contributed by atoms with Crippen LogP contribution in [0.15, 0.2) is 83.8 Å². The first-order valence-corrected chi connectivity index (χ1v) is 14.1. The molecule has 0 unspecified atom stereocenters. The molecule has 0 aromatic heterocycles. The third kappa shape index (κ3) is 5.78. The molecule has 188 valence electrons. The number of nitrogens with zero attached hydrogens (tertiary/aromatic N) is 2. The highest BCUT2D eigenvalue weighted by atomic mass is 32.2. The van der Waals surface area contributed by atoms with Crippen molar-refractivity contribution in [3.63, 3.8) is 0 Å². The van der Waals surface area contributed by atoms with E-state index in [2.05, 4.69) is 5.43 Å². The van der Waals surface area contributed by atoms with E-state index in [9.17, 15) is 18.4 Å². The fraction of sp³-hybridized carbons (Fsp3) is 0.321. The van der Waals surface area contributed by atoms with Crippen molar-refractivity contribution in [2.75, 3.05) is 16.1 Å². The number of hydrazine groups is 1. The van der Waals surface area contributed by atoms with Crippen LogP contribution in [0.2, 0.25) is 0 Å². The Hall–Kier alpha value is -3.20. The quantitative estimate of drug-likeness (QED) is 0.372. The molecule has 0 spiro atoms. The van der Waals surface area contributed by atoms with Gasteiger partial charge in [-0.05, 0) is 92.1 Å². The summed E-state index contributed by atoms with van der Waals surface area (Å²) in [6.45, 7) is 0.0487. The van der Waals surface area contributed by atoms with E-state index in [1.165, 1.54) is 0 Å². The van der Waals surface area contributed by atoms with Crippen LogP contribution in [0.5, 0.6) is 0 Å². The van der Waals surface area contributed by atoms with Gasteiger partial charge in [0.25, 0.3) is 5.91 Å². The lowest BCUT2D eigenvalue weighted by atomic mass is 9.90. The number of amides is 1. The van der Waals surface area contributed by atoms with Crippen molar-refractivity contribution in [2.24, 2.45) is 5.92 Å². The van der Waals surface area contributed by atoms with Crippen LogP contribution in [0.4, 0.5) is 11.4 Å². The second-order valence-electron chi connectivity index (χ2n) is 9.69. The molecule has 0 bridgehead atoms. The molecular formula is C28H30N3O4S-. The minimum absolute atomic E-state index is 0.0480. The number of para-hydroxylation sites is 1. The number of hydroxylamine groups is 1. The lowest BCUT2D eigenvalue weighted by Crippen LogP contribution is -2.44. The number of carbonyl (C=O) groups excluding carboxylic acids is 1. The summed E-state index contributed by atoms with van der Waals surface area (Å²) in [7, 11) is -3.27. The average Bonchev–Trinajstić information content (AvgIpc) is 3.65. The number of benzene rings is 3. The van der Waals surface area contributed by atoms with Crippen molar-refractivity contribution >= 4 is 27.1 Å². The van der Waals surface area contributed by atoms with Crippen LogP contribution in [-0.4, -0.2) is 31.3 Å². The largest absolute Gasteiger partial charge is 0.767 e. The number of carbonyl (C=O) groups is 1. The zero-order valence-corrected chi connectivity index (χ0v) is 20.9. The Kier molecular flexibility index (Phi) is 7.09. The van der Waals surface area contributed by atoms with Gasteiger partial charge in [-0.2, -0.15) is 0 Å². The molecule has 2 saturated carbocycles. The average molecular weight is 505 g/mol. The monoisotopic (exact) mass is 504 g/mol. The van der Waals surface area contributed by atoms with E-state index in [1.54, 1.807) is 48.5 Å². The molecule has 8 heteroatoms. The molecular weight excluding hydrogens is 474 g/mol. The summed E-state index contributed by atoms with van der Waals surface area (Å²) in [6.07, 6.45) is 5.09. The Balaban J connectivity index is 1.20. The molecule has 0 aliphatic heterocycles. The number of nitrogens with one attached hydrogen (secondary N) is 1. The molecule has 2 aliphatic carbocycles. The van der Waals surface area contributed by atoms with Crippen LogP contribution in [0.25, 0.3) is 0 Å². The summed E-state index contributed by atoms with van der Waals surface area (Å²) in [4.78, 5) is 15.5. The third-order valence-corrected chi connectivity index (χ3v) is 8.74. The summed E-state index contributed by atoms with van der Waals surface area (Å²) >= 11 is 0. The Morgan fingerprint density at radius 2 is 1.56 bits per heavy atom. The van der Waals surface area contributed by atoms with Crippen molar-refractivity contribution in [3.05, 3.63) is 95.2 Å². The molecule has 1 amide bonds. The maximum Gasteiger partial charge on any atom is 0.258 e. The maximum atomic E-state index is 13.3. The fourth-order valence-electron chi connectivity index (χ4n) is 4.40. The van der Waals surface area contributed by atoms with Crippen LogP contribution < -0.4 is 10.3 Å². The smallest absolute Gasteiger partial charge is 0.258 e. The van der Waals surface area contributed by atoms with Crippen molar-refractivity contribution in [1.82, 2.24) is 5.17 Å². The summed E-state index contributed by atoms with van der Waals surface area (Å²) in [5, 5.41) is 13.2. The molecule has 3 aromatic carbocycles. The predicted molar refractivity (Wildman–Crippen MR) is 141 cm³/mol. The van der Waals surface area contributed by atoms with Gasteiger partial charge in [0, 0.05) is 29.5 Å². The fourth-order valence-corrected chi connectivity index (χ4v) is 6.09. The second kappa shape index (κ2) is 10.4. The Morgan fingerprint density at radius 1 is 0.889 bits per heavy atom. The van der Waals surface area contributed by atoms with Gasteiger partial charge in [0.15, 0.2) is 9.84 Å². The van der Waals surface area contributed by atoms with E-state index in [-0.39, 0.29) is 30.2 Å². The zero-order chi connectivity index (χ0) is 25.1. The van der Waals surface area contributed by atoms with E-state index in [4.69, 9.17) is 0 Å². The molecule has 0 radical (unpaired) electrons. The van der Waals surface area contributed by atoms with Crippen molar-refractivity contribution in [2.45, 2.75) is 49.6 Å². The number of rotatable bonds is 10. The van der Waals surface area contributed by atoms with Gasteiger partial charge >= 0.3 is 0 Å². The van der Waals surface area contributed by atoms with E-state index in [0.717, 1.165) is 37.8 Å². The van der Waals surface area contributed by atoms with Crippen LogP contribution >= 0.6 is 0 Å². The SMILES string of the molecule is O=C(c1ccc(NN([O-])Cc2ccc(S(=O)(=O)CC3CC3)cc2)cc1)N(c1ccccc1)C1CCC1. The van der Waals surface area contributed by atoms with Gasteiger partial charge in [0.05, 0.1) is 10.6 Å². The lowest BCUT2D eigenvalue weighted by molar-refractivity contribution is 0.0964. The van der Waals surface area contributed by atoms with Crippen LogP contribution in [0, 0.1) is 11.1 Å². The summed E-state index contributed by atoms with van der Waals surface area (Å²) in [6, 6.07) is 23.3. The zero-order valence-electron chi connectivity index (χ0n) is 20.0. The van der Waals surface area contributed by atoms with Gasteiger partial charge in [-0.25, -0.2) is 8.42 Å². The number of hydrogen-bond acceptors (Lipinski definition) is 6.